The van der Waals surface area contributed by atoms with Gasteiger partial charge in [-0.1, -0.05) is 15.9 Å². The number of hydrogen-bond donors (Lipinski definition) is 0. The summed E-state index contributed by atoms with van der Waals surface area (Å²) >= 11 is 3.26. The summed E-state index contributed by atoms with van der Waals surface area (Å²) < 4.78 is 26.5. The molecule has 1 rings (SSSR count). The average molecular weight is 294 g/mol. The molecule has 1 heterocycles. The lowest BCUT2D eigenvalue weighted by Crippen LogP contribution is -2.37. The predicted molar refractivity (Wildman–Crippen MR) is 62.9 cm³/mol. The predicted octanol–water partition coefficient (Wildman–Crippen LogP) is 1.09. The normalized spacial score (nSPS) is 11.8. The van der Waals surface area contributed by atoms with Crippen LogP contribution in [0.15, 0.2) is 22.8 Å². The van der Waals surface area contributed by atoms with Crippen molar-refractivity contribution >= 4 is 32.0 Å². The van der Waals surface area contributed by atoms with Crippen LogP contribution < -0.4 is 4.31 Å². The molecule has 0 saturated heterocycles. The van der Waals surface area contributed by atoms with E-state index in [2.05, 4.69) is 20.9 Å². The van der Waals surface area contributed by atoms with Crippen LogP contribution in [0.1, 0.15) is 0 Å². The van der Waals surface area contributed by atoms with Gasteiger partial charge in [0.15, 0.2) is 0 Å². The third kappa shape index (κ3) is 2.67. The summed E-state index contributed by atoms with van der Waals surface area (Å²) in [5.41, 5.74) is 0. The maximum absolute atomic E-state index is 11.7. The van der Waals surface area contributed by atoms with E-state index in [-0.39, 0.29) is 0 Å². The molecule has 0 amide bonds. The van der Waals surface area contributed by atoms with Crippen LogP contribution in [0.25, 0.3) is 0 Å². The fourth-order valence-corrected chi connectivity index (χ4v) is 2.08. The third-order valence-corrected chi connectivity index (χ3v) is 4.13. The maximum Gasteiger partial charge on any atom is 0.304 e. The van der Waals surface area contributed by atoms with E-state index in [0.717, 1.165) is 13.1 Å². The summed E-state index contributed by atoms with van der Waals surface area (Å²) in [5.74, 6) is 0.373. The lowest BCUT2D eigenvalue weighted by atomic mass is 10.5. The lowest BCUT2D eigenvalue weighted by molar-refractivity contribution is 0.518. The lowest BCUT2D eigenvalue weighted by Gasteiger charge is -2.22. The van der Waals surface area contributed by atoms with Crippen molar-refractivity contribution < 1.29 is 8.42 Å². The molecule has 0 aliphatic heterocycles. The summed E-state index contributed by atoms with van der Waals surface area (Å²) in [6.07, 6.45) is 1.54. The van der Waals surface area contributed by atoms with Crippen molar-refractivity contribution in [2.24, 2.45) is 0 Å². The largest absolute Gasteiger partial charge is 0.304 e. The quantitative estimate of drug-likeness (QED) is 0.838. The van der Waals surface area contributed by atoms with E-state index in [1.807, 2.05) is 0 Å². The van der Waals surface area contributed by atoms with Gasteiger partial charge in [0.25, 0.3) is 0 Å². The van der Waals surface area contributed by atoms with Gasteiger partial charge in [0, 0.05) is 31.8 Å². The Morgan fingerprint density at radius 2 is 1.93 bits per heavy atom. The van der Waals surface area contributed by atoms with Gasteiger partial charge in [-0.3, -0.25) is 0 Å². The number of anilines is 1. The highest BCUT2D eigenvalue weighted by molar-refractivity contribution is 9.10. The van der Waals surface area contributed by atoms with Gasteiger partial charge >= 0.3 is 10.2 Å². The van der Waals surface area contributed by atoms with Crippen molar-refractivity contribution in [2.45, 2.75) is 0 Å². The molecular weight excluding hydrogens is 282 g/mol. The van der Waals surface area contributed by atoms with Crippen LogP contribution in [0.5, 0.6) is 0 Å². The summed E-state index contributed by atoms with van der Waals surface area (Å²) in [5, 5.41) is 0. The Kier molecular flexibility index (Phi) is 3.69. The van der Waals surface area contributed by atoms with Gasteiger partial charge < -0.3 is 0 Å². The third-order valence-electron chi connectivity index (χ3n) is 1.84. The van der Waals surface area contributed by atoms with Crippen LogP contribution in [0.2, 0.25) is 0 Å². The fourth-order valence-electron chi connectivity index (χ4n) is 0.929. The number of halogens is 1. The van der Waals surface area contributed by atoms with E-state index in [1.54, 1.807) is 18.3 Å². The van der Waals surface area contributed by atoms with Gasteiger partial charge in [-0.05, 0) is 12.1 Å². The summed E-state index contributed by atoms with van der Waals surface area (Å²) in [7, 11) is 0.951. The topological polar surface area (TPSA) is 53.5 Å². The standard InChI is InChI=1S/C8H12BrN3O2S/c1-11(2)15(13,14)12(3)8-6-7(9)4-5-10-8/h4-6H,1-3H3. The van der Waals surface area contributed by atoms with E-state index in [4.69, 9.17) is 0 Å². The Balaban J connectivity index is 3.10. The molecular formula is C8H12BrN3O2S. The molecule has 84 valence electrons. The minimum absolute atomic E-state index is 0.373. The van der Waals surface area contributed by atoms with Gasteiger partial charge in [0.2, 0.25) is 0 Å². The first kappa shape index (κ1) is 12.4. The Morgan fingerprint density at radius 3 is 2.40 bits per heavy atom. The molecule has 0 atom stereocenters. The molecule has 0 spiro atoms. The van der Waals surface area contributed by atoms with Crippen molar-refractivity contribution in [3.63, 3.8) is 0 Å². The molecule has 0 unspecified atom stereocenters. The van der Waals surface area contributed by atoms with E-state index >= 15 is 0 Å². The fraction of sp³-hybridized carbons (Fsp3) is 0.375. The number of aromatic nitrogens is 1. The first-order chi connectivity index (χ1) is 6.85. The second-order valence-electron chi connectivity index (χ2n) is 3.09. The van der Waals surface area contributed by atoms with Crippen LogP contribution in [0.3, 0.4) is 0 Å². The van der Waals surface area contributed by atoms with E-state index in [0.29, 0.717) is 5.82 Å². The van der Waals surface area contributed by atoms with Crippen LogP contribution in [-0.2, 0) is 10.2 Å². The summed E-state index contributed by atoms with van der Waals surface area (Å²) in [6, 6.07) is 3.38. The molecule has 1 aromatic heterocycles. The van der Waals surface area contributed by atoms with Crippen LogP contribution in [0, 0.1) is 0 Å². The zero-order valence-electron chi connectivity index (χ0n) is 8.68. The van der Waals surface area contributed by atoms with Crippen molar-refractivity contribution in [2.75, 3.05) is 25.4 Å². The van der Waals surface area contributed by atoms with Crippen molar-refractivity contribution in [3.05, 3.63) is 22.8 Å². The first-order valence-electron chi connectivity index (χ1n) is 4.13. The molecule has 1 aromatic rings. The van der Waals surface area contributed by atoms with Crippen molar-refractivity contribution in [1.29, 1.82) is 0 Å². The minimum Gasteiger partial charge on any atom is -0.244 e. The second-order valence-corrected chi connectivity index (χ2v) is 6.18. The minimum atomic E-state index is -3.46. The molecule has 0 aliphatic carbocycles. The van der Waals surface area contributed by atoms with Crippen LogP contribution in [-0.4, -0.2) is 38.9 Å². The average Bonchev–Trinajstić information content (AvgIpc) is 2.16. The van der Waals surface area contributed by atoms with Crippen molar-refractivity contribution in [1.82, 2.24) is 9.29 Å². The molecule has 0 N–H and O–H groups in total. The Hall–Kier alpha value is -0.660. The molecule has 5 nitrogen and oxygen atoms in total. The van der Waals surface area contributed by atoms with Gasteiger partial charge in [-0.2, -0.15) is 12.7 Å². The second kappa shape index (κ2) is 4.46. The molecule has 0 aliphatic rings. The molecule has 15 heavy (non-hydrogen) atoms. The first-order valence-corrected chi connectivity index (χ1v) is 6.32. The monoisotopic (exact) mass is 293 g/mol. The van der Waals surface area contributed by atoms with E-state index in [1.165, 1.54) is 21.1 Å². The van der Waals surface area contributed by atoms with Gasteiger partial charge in [0.1, 0.15) is 5.82 Å². The molecule has 0 bridgehead atoms. The van der Waals surface area contributed by atoms with Crippen molar-refractivity contribution in [3.8, 4) is 0 Å². The Morgan fingerprint density at radius 1 is 1.33 bits per heavy atom. The number of pyridine rings is 1. The molecule has 0 fully saturated rings. The maximum atomic E-state index is 11.7. The van der Waals surface area contributed by atoms with Crippen LogP contribution >= 0.6 is 15.9 Å². The SMILES string of the molecule is CN(C)S(=O)(=O)N(C)c1cc(Br)ccn1. The molecule has 7 heteroatoms. The van der Waals surface area contributed by atoms with E-state index < -0.39 is 10.2 Å². The zero-order chi connectivity index (χ0) is 11.6. The number of nitrogens with zero attached hydrogens (tertiary/aromatic N) is 3. The van der Waals surface area contributed by atoms with Gasteiger partial charge in [-0.15, -0.1) is 0 Å². The smallest absolute Gasteiger partial charge is 0.244 e. The zero-order valence-corrected chi connectivity index (χ0v) is 11.1. The highest BCUT2D eigenvalue weighted by Gasteiger charge is 2.21. The molecule has 0 aromatic carbocycles. The van der Waals surface area contributed by atoms with Gasteiger partial charge in [0.05, 0.1) is 0 Å². The summed E-state index contributed by atoms with van der Waals surface area (Å²) in [6.45, 7) is 0. The Labute approximate surface area is 98.0 Å². The molecule has 0 saturated carbocycles. The van der Waals surface area contributed by atoms with Gasteiger partial charge in [-0.25, -0.2) is 9.29 Å². The number of rotatable bonds is 3. The number of hydrogen-bond acceptors (Lipinski definition) is 3. The van der Waals surface area contributed by atoms with Crippen LogP contribution in [0.4, 0.5) is 5.82 Å². The Bertz CT molecular complexity index is 447. The highest BCUT2D eigenvalue weighted by Crippen LogP contribution is 2.18. The van der Waals surface area contributed by atoms with E-state index in [9.17, 15) is 8.42 Å². The molecule has 0 radical (unpaired) electrons. The highest BCUT2D eigenvalue weighted by atomic mass is 79.9. The summed E-state index contributed by atoms with van der Waals surface area (Å²) in [4.78, 5) is 3.98.